The highest BCUT2D eigenvalue weighted by Crippen LogP contribution is 2.21. The van der Waals surface area contributed by atoms with Crippen molar-refractivity contribution >= 4 is 38.2 Å². The van der Waals surface area contributed by atoms with Crippen molar-refractivity contribution in [1.29, 1.82) is 0 Å². The number of amides is 1. The van der Waals surface area contributed by atoms with Crippen LogP contribution in [0.15, 0.2) is 36.4 Å². The number of nitrogens with one attached hydrogen (secondary N) is 1. The number of nitrogens with two attached hydrogens (primary N) is 1. The summed E-state index contributed by atoms with van der Waals surface area (Å²) in [6.45, 7) is 0. The molecule has 0 unspecified atom stereocenters. The third-order valence-electron chi connectivity index (χ3n) is 3.53. The van der Waals surface area contributed by atoms with Crippen molar-refractivity contribution in [3.8, 4) is 0 Å². The number of nitrogen functional groups attached to an aromatic ring is 1. The van der Waals surface area contributed by atoms with Gasteiger partial charge in [0.25, 0.3) is 5.91 Å². The van der Waals surface area contributed by atoms with Gasteiger partial charge in [0.1, 0.15) is 15.9 Å². The number of carboxylic acids is 1. The molecule has 2 rings (SSSR count). The van der Waals surface area contributed by atoms with Crippen molar-refractivity contribution in [2.75, 3.05) is 17.7 Å². The molecule has 2 aromatic rings. The van der Waals surface area contributed by atoms with Crippen molar-refractivity contribution in [2.24, 2.45) is 0 Å². The summed E-state index contributed by atoms with van der Waals surface area (Å²) < 4.78 is 22.4. The zero-order valence-electron chi connectivity index (χ0n) is 13.0. The summed E-state index contributed by atoms with van der Waals surface area (Å²) in [6, 6.07) is 8.80. The fourth-order valence-corrected chi connectivity index (χ4v) is 2.99. The largest absolute Gasteiger partial charge is 0.480 e. The Hall–Kier alpha value is -2.61. The van der Waals surface area contributed by atoms with E-state index in [1.807, 2.05) is 0 Å². The maximum absolute atomic E-state index is 12.4. The van der Waals surface area contributed by atoms with Crippen LogP contribution in [-0.4, -0.2) is 43.5 Å². The SMILES string of the molecule is CS(=O)(=O)CC[C@H](NC(=O)c1cccc2cc(N)ccc12)C(=O)O. The molecule has 0 aliphatic heterocycles. The molecule has 0 aliphatic rings. The van der Waals surface area contributed by atoms with Gasteiger partial charge in [-0.05, 0) is 35.4 Å². The second kappa shape index (κ2) is 6.88. The van der Waals surface area contributed by atoms with Gasteiger partial charge in [0.15, 0.2) is 0 Å². The average Bonchev–Trinajstić information content (AvgIpc) is 2.49. The molecule has 0 aliphatic carbocycles. The topological polar surface area (TPSA) is 127 Å². The first-order chi connectivity index (χ1) is 11.2. The minimum absolute atomic E-state index is 0.197. The van der Waals surface area contributed by atoms with E-state index in [4.69, 9.17) is 5.73 Å². The summed E-state index contributed by atoms with van der Waals surface area (Å²) in [7, 11) is -3.32. The molecule has 0 fully saturated rings. The molecule has 1 atom stereocenters. The fraction of sp³-hybridized carbons (Fsp3) is 0.250. The summed E-state index contributed by atoms with van der Waals surface area (Å²) in [5.41, 5.74) is 6.57. The van der Waals surface area contributed by atoms with Crippen molar-refractivity contribution < 1.29 is 23.1 Å². The number of aliphatic carboxylic acids is 1. The average molecular weight is 350 g/mol. The summed E-state index contributed by atoms with van der Waals surface area (Å²) in [5, 5.41) is 13.0. The first kappa shape index (κ1) is 17.7. The van der Waals surface area contributed by atoms with E-state index in [9.17, 15) is 23.1 Å². The summed E-state index contributed by atoms with van der Waals surface area (Å²) in [4.78, 5) is 23.7. The second-order valence-corrected chi connectivity index (χ2v) is 7.83. The standard InChI is InChI=1S/C16H18N2O5S/c1-24(22,23)8-7-14(16(20)21)18-15(19)13-4-2-3-10-9-11(17)5-6-12(10)13/h2-6,9,14H,7-8,17H2,1H3,(H,18,19)(H,20,21)/t14-/m0/s1. The quantitative estimate of drug-likeness (QED) is 0.668. The van der Waals surface area contributed by atoms with Crippen molar-refractivity contribution in [1.82, 2.24) is 5.32 Å². The summed E-state index contributed by atoms with van der Waals surface area (Å²) >= 11 is 0. The molecule has 4 N–H and O–H groups in total. The highest BCUT2D eigenvalue weighted by Gasteiger charge is 2.23. The van der Waals surface area contributed by atoms with Crippen LogP contribution in [0.5, 0.6) is 0 Å². The number of benzene rings is 2. The first-order valence-corrected chi connectivity index (χ1v) is 9.23. The second-order valence-electron chi connectivity index (χ2n) is 5.57. The van der Waals surface area contributed by atoms with Gasteiger partial charge < -0.3 is 16.2 Å². The minimum atomic E-state index is -3.32. The monoisotopic (exact) mass is 350 g/mol. The van der Waals surface area contributed by atoms with Gasteiger partial charge in [0.05, 0.1) is 5.75 Å². The summed E-state index contributed by atoms with van der Waals surface area (Å²) in [6.07, 6.45) is 0.820. The van der Waals surface area contributed by atoms with E-state index in [-0.39, 0.29) is 12.2 Å². The predicted octanol–water partition coefficient (Wildman–Crippen LogP) is 1.04. The zero-order chi connectivity index (χ0) is 17.9. The smallest absolute Gasteiger partial charge is 0.326 e. The minimum Gasteiger partial charge on any atom is -0.480 e. The number of carboxylic acid groups (broad SMARTS) is 1. The Bertz CT molecular complexity index is 892. The summed E-state index contributed by atoms with van der Waals surface area (Å²) in [5.74, 6) is -2.18. The number of hydrogen-bond donors (Lipinski definition) is 3. The van der Waals surface area contributed by atoms with E-state index < -0.39 is 27.8 Å². The number of hydrogen-bond acceptors (Lipinski definition) is 5. The number of carbonyl (C=O) groups is 2. The van der Waals surface area contributed by atoms with Gasteiger partial charge >= 0.3 is 5.97 Å². The van der Waals surface area contributed by atoms with E-state index in [0.717, 1.165) is 11.6 Å². The van der Waals surface area contributed by atoms with Crippen LogP contribution in [0.3, 0.4) is 0 Å². The van der Waals surface area contributed by atoms with Gasteiger partial charge in [-0.2, -0.15) is 0 Å². The van der Waals surface area contributed by atoms with Gasteiger partial charge in [-0.3, -0.25) is 4.79 Å². The molecule has 1 amide bonds. The Kier molecular flexibility index (Phi) is 5.08. The lowest BCUT2D eigenvalue weighted by molar-refractivity contribution is -0.139. The predicted molar refractivity (Wildman–Crippen MR) is 91.6 cm³/mol. The van der Waals surface area contributed by atoms with Gasteiger partial charge in [-0.15, -0.1) is 0 Å². The van der Waals surface area contributed by atoms with Crippen LogP contribution < -0.4 is 11.1 Å². The Balaban J connectivity index is 2.26. The lowest BCUT2D eigenvalue weighted by atomic mass is 10.0. The molecule has 0 heterocycles. The number of sulfone groups is 1. The van der Waals surface area contributed by atoms with Crippen molar-refractivity contribution in [3.05, 3.63) is 42.0 Å². The zero-order valence-corrected chi connectivity index (χ0v) is 13.8. The van der Waals surface area contributed by atoms with Crippen LogP contribution >= 0.6 is 0 Å². The Morgan fingerprint density at radius 3 is 2.58 bits per heavy atom. The molecule has 0 saturated heterocycles. The molecule has 0 bridgehead atoms. The van der Waals surface area contributed by atoms with Gasteiger partial charge in [0, 0.05) is 17.5 Å². The van der Waals surface area contributed by atoms with E-state index in [1.54, 1.807) is 36.4 Å². The van der Waals surface area contributed by atoms with Gasteiger partial charge in [-0.25, -0.2) is 13.2 Å². The first-order valence-electron chi connectivity index (χ1n) is 7.17. The van der Waals surface area contributed by atoms with Crippen molar-refractivity contribution in [2.45, 2.75) is 12.5 Å². The normalized spacial score (nSPS) is 12.7. The van der Waals surface area contributed by atoms with Crippen LogP contribution in [0.2, 0.25) is 0 Å². The molecule has 0 spiro atoms. The Morgan fingerprint density at radius 2 is 1.96 bits per heavy atom. The maximum Gasteiger partial charge on any atom is 0.326 e. The fourth-order valence-electron chi connectivity index (χ4n) is 2.33. The van der Waals surface area contributed by atoms with Crippen LogP contribution in [0.1, 0.15) is 16.8 Å². The van der Waals surface area contributed by atoms with E-state index in [0.29, 0.717) is 16.6 Å². The Morgan fingerprint density at radius 1 is 1.25 bits per heavy atom. The van der Waals surface area contributed by atoms with E-state index in [2.05, 4.69) is 5.32 Å². The number of anilines is 1. The molecule has 0 saturated carbocycles. The van der Waals surface area contributed by atoms with Crippen LogP contribution in [-0.2, 0) is 14.6 Å². The molecular formula is C16H18N2O5S. The number of carbonyl (C=O) groups excluding carboxylic acids is 1. The van der Waals surface area contributed by atoms with Gasteiger partial charge in [-0.1, -0.05) is 18.2 Å². The van der Waals surface area contributed by atoms with E-state index in [1.165, 1.54) is 0 Å². The molecule has 7 nitrogen and oxygen atoms in total. The van der Waals surface area contributed by atoms with Gasteiger partial charge in [0.2, 0.25) is 0 Å². The molecule has 24 heavy (non-hydrogen) atoms. The third-order valence-corrected chi connectivity index (χ3v) is 4.51. The molecule has 8 heteroatoms. The van der Waals surface area contributed by atoms with Crippen LogP contribution in [0.25, 0.3) is 10.8 Å². The third kappa shape index (κ3) is 4.45. The molecular weight excluding hydrogens is 332 g/mol. The van der Waals surface area contributed by atoms with Crippen LogP contribution in [0, 0.1) is 0 Å². The number of rotatable bonds is 6. The highest BCUT2D eigenvalue weighted by atomic mass is 32.2. The lowest BCUT2D eigenvalue weighted by Gasteiger charge is -2.15. The van der Waals surface area contributed by atoms with Crippen molar-refractivity contribution in [3.63, 3.8) is 0 Å². The highest BCUT2D eigenvalue weighted by molar-refractivity contribution is 7.90. The molecule has 128 valence electrons. The van der Waals surface area contributed by atoms with Crippen LogP contribution in [0.4, 0.5) is 5.69 Å². The number of fused-ring (bicyclic) bond motifs is 1. The Labute approximate surface area is 139 Å². The molecule has 0 radical (unpaired) electrons. The maximum atomic E-state index is 12.4. The van der Waals surface area contributed by atoms with E-state index >= 15 is 0 Å². The lowest BCUT2D eigenvalue weighted by Crippen LogP contribution is -2.42. The molecule has 2 aromatic carbocycles. The molecule has 0 aromatic heterocycles.